The maximum absolute atomic E-state index is 9.50. The van der Waals surface area contributed by atoms with Gasteiger partial charge in [0.1, 0.15) is 0 Å². The summed E-state index contributed by atoms with van der Waals surface area (Å²) in [6.07, 6.45) is 2.94. The predicted molar refractivity (Wildman–Crippen MR) is 51.4 cm³/mol. The first-order valence-corrected chi connectivity index (χ1v) is 6.09. The third-order valence-electron chi connectivity index (χ3n) is 1.70. The zero-order valence-corrected chi connectivity index (χ0v) is 10.9. The van der Waals surface area contributed by atoms with Gasteiger partial charge in [-0.25, -0.2) is 0 Å². The molecule has 0 spiro atoms. The number of hydrogen-bond donors (Lipinski definition) is 1. The zero-order valence-electron chi connectivity index (χ0n) is 7.04. The number of aryl methyl sites for hydroxylation is 1. The molecule has 0 aliphatic carbocycles. The summed E-state index contributed by atoms with van der Waals surface area (Å²) in [6, 6.07) is 5.80. The Hall–Kier alpha value is -0.318. The van der Waals surface area contributed by atoms with Gasteiger partial charge >= 0.3 is 89.0 Å². The number of hydrogen-bond acceptors (Lipinski definition) is 1. The molecule has 1 rings (SSSR count). The van der Waals surface area contributed by atoms with E-state index in [4.69, 9.17) is 0 Å². The molecule has 0 unspecified atom stereocenters. The molecule has 0 aliphatic heterocycles. The Labute approximate surface area is 88.8 Å². The molecule has 2 heteroatoms. The molecule has 0 saturated carbocycles. The van der Waals surface area contributed by atoms with Crippen molar-refractivity contribution in [3.05, 3.63) is 39.0 Å². The Morgan fingerprint density at radius 2 is 2.25 bits per heavy atom. The first-order valence-electron chi connectivity index (χ1n) is 3.85. The molecule has 0 heterocycles. The van der Waals surface area contributed by atoms with Crippen LogP contribution in [-0.2, 0) is 6.42 Å². The van der Waals surface area contributed by atoms with Crippen LogP contribution >= 0.6 is 0 Å². The molecule has 1 nitrogen and oxygen atoms in total. The molecule has 1 N–H and O–H groups in total. The number of phenols is 1. The SMILES string of the molecule is Cc1ccc(C/C=[CH]/[Pb])c(O)c1. The van der Waals surface area contributed by atoms with E-state index < -0.39 is 0 Å². The van der Waals surface area contributed by atoms with Gasteiger partial charge in [0.2, 0.25) is 0 Å². The minimum atomic E-state index is 0.412. The van der Waals surface area contributed by atoms with E-state index >= 15 is 0 Å². The Morgan fingerprint density at radius 3 is 2.83 bits per heavy atom. The summed E-state index contributed by atoms with van der Waals surface area (Å²) in [7, 11) is 0. The van der Waals surface area contributed by atoms with Crippen molar-refractivity contribution in [2.45, 2.75) is 13.3 Å². The molecular weight excluding hydrogens is 343 g/mol. The van der Waals surface area contributed by atoms with Crippen LogP contribution < -0.4 is 0 Å². The third-order valence-corrected chi connectivity index (χ3v) is 2.61. The van der Waals surface area contributed by atoms with Crippen molar-refractivity contribution < 1.29 is 5.11 Å². The van der Waals surface area contributed by atoms with Gasteiger partial charge in [0.15, 0.2) is 0 Å². The number of aromatic hydroxyl groups is 1. The molecule has 0 aliphatic rings. The molecule has 0 fully saturated rings. The Kier molecular flexibility index (Phi) is 3.78. The fraction of sp³-hybridized carbons (Fsp3) is 0.200. The van der Waals surface area contributed by atoms with Crippen LogP contribution in [-0.4, -0.2) is 30.9 Å². The number of benzene rings is 1. The van der Waals surface area contributed by atoms with Gasteiger partial charge in [0, 0.05) is 0 Å². The van der Waals surface area contributed by atoms with Crippen LogP contribution in [0.2, 0.25) is 0 Å². The zero-order chi connectivity index (χ0) is 8.97. The standard InChI is InChI=1S/C10H11O.Pb/c1-3-4-9-6-5-8(2)7-10(9)11;/h1,3,5-7,11H,4H2,2H3;. The molecule has 0 bridgehead atoms. The van der Waals surface area contributed by atoms with Crippen molar-refractivity contribution in [1.82, 2.24) is 0 Å². The molecule has 61 valence electrons. The summed E-state index contributed by atoms with van der Waals surface area (Å²) < 4.78 is 2.12. The summed E-state index contributed by atoms with van der Waals surface area (Å²) in [6.45, 7) is 1.98. The van der Waals surface area contributed by atoms with Crippen LogP contribution in [0.25, 0.3) is 0 Å². The van der Waals surface area contributed by atoms with Crippen molar-refractivity contribution >= 4 is 25.8 Å². The summed E-state index contributed by atoms with van der Waals surface area (Å²) in [4.78, 5) is 0. The Bertz CT molecular complexity index is 292. The van der Waals surface area contributed by atoms with E-state index in [-0.39, 0.29) is 0 Å². The molecule has 1 aromatic carbocycles. The number of phenolic OH excluding ortho intramolecular Hbond substituents is 1. The van der Waals surface area contributed by atoms with E-state index in [2.05, 4.69) is 9.71 Å². The second-order valence-corrected chi connectivity index (χ2v) is 4.03. The third kappa shape index (κ3) is 2.62. The molecule has 0 atom stereocenters. The van der Waals surface area contributed by atoms with Crippen molar-refractivity contribution in [3.63, 3.8) is 0 Å². The number of rotatable bonds is 2. The predicted octanol–water partition coefficient (Wildman–Crippen LogP) is 1.93. The molecule has 0 aromatic heterocycles. The molecule has 0 amide bonds. The van der Waals surface area contributed by atoms with Crippen molar-refractivity contribution in [2.75, 3.05) is 0 Å². The average molecular weight is 354 g/mol. The van der Waals surface area contributed by atoms with Gasteiger partial charge < -0.3 is 0 Å². The van der Waals surface area contributed by atoms with Gasteiger partial charge in [-0.3, -0.25) is 0 Å². The first kappa shape index (κ1) is 9.77. The van der Waals surface area contributed by atoms with Crippen LogP contribution in [0.3, 0.4) is 0 Å². The fourth-order valence-electron chi connectivity index (χ4n) is 1.03. The van der Waals surface area contributed by atoms with E-state index in [1.165, 1.54) is 0 Å². The van der Waals surface area contributed by atoms with Crippen LogP contribution in [0.1, 0.15) is 11.1 Å². The van der Waals surface area contributed by atoms with Crippen LogP contribution in [0.5, 0.6) is 5.75 Å². The Morgan fingerprint density at radius 1 is 1.50 bits per heavy atom. The van der Waals surface area contributed by atoms with Gasteiger partial charge in [-0.05, 0) is 0 Å². The first-order chi connectivity index (χ1) is 5.74. The van der Waals surface area contributed by atoms with Crippen LogP contribution in [0.15, 0.2) is 27.9 Å². The minimum absolute atomic E-state index is 0.412. The van der Waals surface area contributed by atoms with Crippen LogP contribution in [0, 0.1) is 6.92 Å². The second-order valence-electron chi connectivity index (χ2n) is 2.74. The monoisotopic (exact) mass is 355 g/mol. The second kappa shape index (κ2) is 4.65. The van der Waals surface area contributed by atoms with Gasteiger partial charge in [-0.2, -0.15) is 0 Å². The average Bonchev–Trinajstić information content (AvgIpc) is 2.03. The normalized spacial score (nSPS) is 10.8. The van der Waals surface area contributed by atoms with E-state index in [1.54, 1.807) is 6.07 Å². The van der Waals surface area contributed by atoms with Gasteiger partial charge in [0.05, 0.1) is 0 Å². The maximum atomic E-state index is 9.50. The van der Waals surface area contributed by atoms with E-state index in [0.717, 1.165) is 43.3 Å². The van der Waals surface area contributed by atoms with E-state index in [0.29, 0.717) is 5.75 Å². The van der Waals surface area contributed by atoms with E-state index in [1.807, 2.05) is 19.1 Å². The molecule has 0 saturated heterocycles. The molecule has 3 radical (unpaired) electrons. The number of allylic oxidation sites excluding steroid dienone is 1. The van der Waals surface area contributed by atoms with Crippen molar-refractivity contribution in [2.24, 2.45) is 0 Å². The van der Waals surface area contributed by atoms with Crippen molar-refractivity contribution in [3.8, 4) is 5.75 Å². The summed E-state index contributed by atoms with van der Waals surface area (Å²) >= 11 is 1.08. The van der Waals surface area contributed by atoms with Crippen LogP contribution in [0.4, 0.5) is 0 Å². The molecular formula is C10H11OPb. The van der Waals surface area contributed by atoms with Gasteiger partial charge in [-0.15, -0.1) is 0 Å². The molecule has 1 aromatic rings. The summed E-state index contributed by atoms with van der Waals surface area (Å²) in [5, 5.41) is 9.50. The summed E-state index contributed by atoms with van der Waals surface area (Å²) in [5.74, 6) is 0.412. The quantitative estimate of drug-likeness (QED) is 0.805. The Balaban J connectivity index is 2.86. The van der Waals surface area contributed by atoms with Crippen molar-refractivity contribution in [1.29, 1.82) is 0 Å². The van der Waals surface area contributed by atoms with Gasteiger partial charge in [0.25, 0.3) is 0 Å². The topological polar surface area (TPSA) is 20.2 Å². The van der Waals surface area contributed by atoms with Gasteiger partial charge in [-0.1, -0.05) is 0 Å². The molecule has 12 heavy (non-hydrogen) atoms. The fourth-order valence-corrected chi connectivity index (χ4v) is 1.49. The van der Waals surface area contributed by atoms with E-state index in [9.17, 15) is 5.11 Å². The summed E-state index contributed by atoms with van der Waals surface area (Å²) in [5.41, 5.74) is 2.11.